The van der Waals surface area contributed by atoms with Crippen LogP contribution in [0.2, 0.25) is 0 Å². The Hall–Kier alpha value is -2.50. The van der Waals surface area contributed by atoms with E-state index < -0.39 is 33.1 Å². The molecule has 1 aliphatic rings. The topological polar surface area (TPSA) is 110 Å². The van der Waals surface area contributed by atoms with Crippen molar-refractivity contribution >= 4 is 37.7 Å². The van der Waals surface area contributed by atoms with Gasteiger partial charge in [0.2, 0.25) is 10.0 Å². The molecule has 0 bridgehead atoms. The smallest absolute Gasteiger partial charge is 0.410 e. The summed E-state index contributed by atoms with van der Waals surface area (Å²) in [6, 6.07) is 13.1. The first-order chi connectivity index (χ1) is 14.7. The summed E-state index contributed by atoms with van der Waals surface area (Å²) in [5, 5.41) is 11.2. The minimum Gasteiger partial charge on any atom is -0.445 e. The third-order valence-electron chi connectivity index (χ3n) is 5.06. The fourth-order valence-corrected chi connectivity index (χ4v) is 5.59. The number of amides is 1. The summed E-state index contributed by atoms with van der Waals surface area (Å²) < 4.78 is 33.0. The van der Waals surface area contributed by atoms with E-state index in [1.54, 1.807) is 6.92 Å². The van der Waals surface area contributed by atoms with E-state index in [0.29, 0.717) is 5.33 Å². The highest BCUT2D eigenvalue weighted by Crippen LogP contribution is 2.26. The molecule has 1 aliphatic heterocycles. The number of hydrogen-bond donors (Lipinski definition) is 0. The van der Waals surface area contributed by atoms with Gasteiger partial charge in [-0.1, -0.05) is 46.3 Å². The molecule has 11 heteroatoms. The normalized spacial score (nSPS) is 19.7. The van der Waals surface area contributed by atoms with Gasteiger partial charge in [0.1, 0.15) is 6.61 Å². The van der Waals surface area contributed by atoms with Crippen molar-refractivity contribution in [3.63, 3.8) is 0 Å². The Morgan fingerprint density at radius 2 is 1.81 bits per heavy atom. The number of alkyl halides is 1. The molecule has 2 aromatic rings. The summed E-state index contributed by atoms with van der Waals surface area (Å²) >= 11 is 3.37. The van der Waals surface area contributed by atoms with E-state index in [4.69, 9.17) is 4.74 Å². The first kappa shape index (κ1) is 23.2. The van der Waals surface area contributed by atoms with Gasteiger partial charge >= 0.3 is 6.09 Å². The highest BCUT2D eigenvalue weighted by molar-refractivity contribution is 9.09. The van der Waals surface area contributed by atoms with Gasteiger partial charge in [-0.25, -0.2) is 13.2 Å². The van der Waals surface area contributed by atoms with Crippen LogP contribution in [-0.2, 0) is 21.4 Å². The van der Waals surface area contributed by atoms with Crippen molar-refractivity contribution in [1.82, 2.24) is 9.21 Å². The number of ether oxygens (including phenoxy) is 1. The van der Waals surface area contributed by atoms with Gasteiger partial charge in [-0.2, -0.15) is 4.31 Å². The third-order valence-corrected chi connectivity index (χ3v) is 7.80. The van der Waals surface area contributed by atoms with Crippen LogP contribution in [0.3, 0.4) is 0 Å². The maximum atomic E-state index is 13.1. The minimum absolute atomic E-state index is 0.0293. The number of nitrogens with zero attached hydrogens (tertiary/aromatic N) is 3. The molecular formula is C20H22BrN3O6S. The molecule has 0 radical (unpaired) electrons. The number of halogens is 1. The number of piperazine rings is 1. The highest BCUT2D eigenvalue weighted by Gasteiger charge is 2.40. The predicted molar refractivity (Wildman–Crippen MR) is 117 cm³/mol. The van der Waals surface area contributed by atoms with Gasteiger partial charge in [-0.05, 0) is 24.6 Å². The van der Waals surface area contributed by atoms with Crippen molar-refractivity contribution in [3.8, 4) is 0 Å². The van der Waals surface area contributed by atoms with Crippen molar-refractivity contribution in [2.24, 2.45) is 0 Å². The number of non-ortho nitro benzene ring substituents is 1. The Balaban J connectivity index is 1.73. The Labute approximate surface area is 188 Å². The molecule has 0 aromatic heterocycles. The number of hydrogen-bond acceptors (Lipinski definition) is 6. The van der Waals surface area contributed by atoms with Crippen LogP contribution in [-0.4, -0.2) is 59.1 Å². The van der Waals surface area contributed by atoms with Crippen LogP contribution in [0, 0.1) is 10.1 Å². The first-order valence-corrected chi connectivity index (χ1v) is 12.1. The summed E-state index contributed by atoms with van der Waals surface area (Å²) in [7, 11) is -3.89. The average Bonchev–Trinajstić information content (AvgIpc) is 2.77. The summed E-state index contributed by atoms with van der Waals surface area (Å²) in [4.78, 5) is 24.4. The van der Waals surface area contributed by atoms with E-state index in [-0.39, 0.29) is 30.3 Å². The molecule has 9 nitrogen and oxygen atoms in total. The number of carbonyl (C=O) groups is 1. The Morgan fingerprint density at radius 1 is 1.16 bits per heavy atom. The lowest BCUT2D eigenvalue weighted by Crippen LogP contribution is -2.60. The molecule has 0 aliphatic carbocycles. The number of carbonyl (C=O) groups excluding carboxylic acids is 1. The molecular weight excluding hydrogens is 490 g/mol. The number of rotatable bonds is 6. The van der Waals surface area contributed by atoms with Crippen LogP contribution in [0.4, 0.5) is 10.5 Å². The zero-order valence-electron chi connectivity index (χ0n) is 16.8. The van der Waals surface area contributed by atoms with E-state index in [1.807, 2.05) is 30.3 Å². The van der Waals surface area contributed by atoms with E-state index in [0.717, 1.165) is 17.7 Å². The standard InChI is InChI=1S/C20H22BrN3O6S/c1-15-12-22(20(25)30-14-16-5-3-2-4-6-16)18(11-21)13-23(15)31(28,29)19-9-7-17(8-10-19)24(26)27/h2-10,15,18H,11-14H2,1H3/t15-,18-/m0/s1. The van der Waals surface area contributed by atoms with Crippen LogP contribution in [0.5, 0.6) is 0 Å². The second-order valence-electron chi connectivity index (χ2n) is 7.18. The van der Waals surface area contributed by atoms with Crippen molar-refractivity contribution in [1.29, 1.82) is 0 Å². The number of nitro benzene ring substituents is 1. The minimum atomic E-state index is -3.89. The zero-order chi connectivity index (χ0) is 22.6. The lowest BCUT2D eigenvalue weighted by Gasteiger charge is -2.43. The Bertz CT molecular complexity index is 1030. The zero-order valence-corrected chi connectivity index (χ0v) is 19.2. The quantitative estimate of drug-likeness (QED) is 0.334. The van der Waals surface area contributed by atoms with Crippen molar-refractivity contribution in [2.75, 3.05) is 18.4 Å². The molecule has 3 rings (SSSR count). The van der Waals surface area contributed by atoms with Crippen LogP contribution >= 0.6 is 15.9 Å². The monoisotopic (exact) mass is 511 g/mol. The van der Waals surface area contributed by atoms with Crippen molar-refractivity contribution in [2.45, 2.75) is 30.5 Å². The molecule has 1 amide bonds. The van der Waals surface area contributed by atoms with E-state index in [9.17, 15) is 23.3 Å². The van der Waals surface area contributed by atoms with Crippen LogP contribution in [0.1, 0.15) is 12.5 Å². The van der Waals surface area contributed by atoms with Gasteiger partial charge in [-0.3, -0.25) is 10.1 Å². The SMILES string of the molecule is C[C@H]1CN(C(=O)OCc2ccccc2)[C@@H](CBr)CN1S(=O)(=O)c1ccc([N+](=O)[O-])cc1. The van der Waals surface area contributed by atoms with Gasteiger partial charge < -0.3 is 9.64 Å². The Morgan fingerprint density at radius 3 is 2.39 bits per heavy atom. The molecule has 0 unspecified atom stereocenters. The molecule has 2 atom stereocenters. The maximum absolute atomic E-state index is 13.1. The molecule has 31 heavy (non-hydrogen) atoms. The van der Waals surface area contributed by atoms with Gasteiger partial charge in [-0.15, -0.1) is 0 Å². The largest absolute Gasteiger partial charge is 0.445 e. The van der Waals surface area contributed by atoms with E-state index in [2.05, 4.69) is 15.9 Å². The van der Waals surface area contributed by atoms with Gasteiger partial charge in [0, 0.05) is 36.6 Å². The Kier molecular flexibility index (Phi) is 7.29. The van der Waals surface area contributed by atoms with Crippen molar-refractivity contribution in [3.05, 3.63) is 70.3 Å². The number of benzene rings is 2. The van der Waals surface area contributed by atoms with Gasteiger partial charge in [0.15, 0.2) is 0 Å². The first-order valence-electron chi connectivity index (χ1n) is 9.53. The third kappa shape index (κ3) is 5.23. The predicted octanol–water partition coefficient (Wildman–Crippen LogP) is 3.39. The molecule has 166 valence electrons. The van der Waals surface area contributed by atoms with Crippen LogP contribution in [0.25, 0.3) is 0 Å². The van der Waals surface area contributed by atoms with Crippen molar-refractivity contribution < 1.29 is 22.9 Å². The lowest BCUT2D eigenvalue weighted by atomic mass is 10.1. The lowest BCUT2D eigenvalue weighted by molar-refractivity contribution is -0.384. The van der Waals surface area contributed by atoms with Gasteiger partial charge in [0.05, 0.1) is 15.9 Å². The van der Waals surface area contributed by atoms with Gasteiger partial charge in [0.25, 0.3) is 5.69 Å². The second-order valence-corrected chi connectivity index (χ2v) is 9.71. The molecule has 0 N–H and O–H groups in total. The summed E-state index contributed by atoms with van der Waals surface area (Å²) in [6.07, 6.45) is -0.507. The van der Waals surface area contributed by atoms with Crippen LogP contribution in [0.15, 0.2) is 59.5 Å². The van der Waals surface area contributed by atoms with E-state index >= 15 is 0 Å². The fourth-order valence-electron chi connectivity index (χ4n) is 3.38. The highest BCUT2D eigenvalue weighted by atomic mass is 79.9. The maximum Gasteiger partial charge on any atom is 0.410 e. The summed E-state index contributed by atoms with van der Waals surface area (Å²) in [5.74, 6) is 0. The number of sulfonamides is 1. The molecule has 2 aromatic carbocycles. The summed E-state index contributed by atoms with van der Waals surface area (Å²) in [6.45, 7) is 2.08. The molecule has 0 saturated carbocycles. The molecule has 1 saturated heterocycles. The molecule has 1 fully saturated rings. The van der Waals surface area contributed by atoms with Crippen LogP contribution < -0.4 is 0 Å². The van der Waals surface area contributed by atoms with E-state index in [1.165, 1.54) is 21.3 Å². The molecule has 0 spiro atoms. The number of nitro groups is 1. The fraction of sp³-hybridized carbons (Fsp3) is 0.350. The average molecular weight is 512 g/mol. The summed E-state index contributed by atoms with van der Waals surface area (Å²) in [5.41, 5.74) is 0.676. The second kappa shape index (κ2) is 9.75. The molecule has 1 heterocycles.